The van der Waals surface area contributed by atoms with Crippen LogP contribution in [0.1, 0.15) is 88.8 Å². The van der Waals surface area contributed by atoms with Crippen LogP contribution < -0.4 is 0 Å². The number of ether oxygens (including phenoxy) is 1. The van der Waals surface area contributed by atoms with E-state index in [0.717, 1.165) is 19.3 Å². The van der Waals surface area contributed by atoms with Crippen LogP contribution in [-0.4, -0.2) is 11.6 Å². The third kappa shape index (κ3) is 3.62. The van der Waals surface area contributed by atoms with Crippen LogP contribution in [0, 0.1) is 5.41 Å². The predicted molar refractivity (Wildman–Crippen MR) is 150 cm³/mol. The summed E-state index contributed by atoms with van der Waals surface area (Å²) in [6.45, 7) is 5.89. The summed E-state index contributed by atoms with van der Waals surface area (Å²) >= 11 is 0. The van der Waals surface area contributed by atoms with Crippen molar-refractivity contribution in [3.8, 4) is 0 Å². The van der Waals surface area contributed by atoms with Crippen molar-refractivity contribution in [2.45, 2.75) is 94.0 Å². The first-order chi connectivity index (χ1) is 17.7. The van der Waals surface area contributed by atoms with Crippen LogP contribution >= 0.6 is 0 Å². The maximum atomic E-state index is 13.0. The molecule has 3 saturated carbocycles. The topological polar surface area (TPSA) is 26.3 Å². The van der Waals surface area contributed by atoms with Gasteiger partial charge in [0, 0.05) is 17.3 Å². The van der Waals surface area contributed by atoms with E-state index >= 15 is 0 Å². The van der Waals surface area contributed by atoms with Crippen molar-refractivity contribution in [3.05, 3.63) is 108 Å². The number of rotatable bonds is 6. The lowest BCUT2D eigenvalue weighted by Gasteiger charge is -2.67. The van der Waals surface area contributed by atoms with Crippen molar-refractivity contribution in [3.63, 3.8) is 0 Å². The van der Waals surface area contributed by atoms with Gasteiger partial charge >= 0.3 is 5.97 Å². The molecule has 3 aliphatic rings. The molecule has 0 bridgehead atoms. The fraction of sp³-hybridized carbons (Fsp3) is 0.457. The van der Waals surface area contributed by atoms with Gasteiger partial charge in [0.15, 0.2) is 0 Å². The summed E-state index contributed by atoms with van der Waals surface area (Å²) in [7, 11) is 0. The van der Waals surface area contributed by atoms with Crippen LogP contribution in [-0.2, 0) is 25.8 Å². The highest BCUT2D eigenvalue weighted by Crippen LogP contribution is 2.84. The Balaban J connectivity index is 1.47. The Hall–Kier alpha value is -2.87. The number of esters is 1. The molecule has 0 aromatic heterocycles. The van der Waals surface area contributed by atoms with Crippen LogP contribution in [0.15, 0.2) is 91.0 Å². The van der Waals surface area contributed by atoms with Gasteiger partial charge in [0.05, 0.1) is 0 Å². The Labute approximate surface area is 222 Å². The smallest absolute Gasteiger partial charge is 0.306 e. The summed E-state index contributed by atoms with van der Waals surface area (Å²) in [5.41, 5.74) is 4.46. The van der Waals surface area contributed by atoms with Gasteiger partial charge in [-0.25, -0.2) is 0 Å². The van der Waals surface area contributed by atoms with E-state index in [4.69, 9.17) is 4.74 Å². The molecule has 0 saturated heterocycles. The van der Waals surface area contributed by atoms with Gasteiger partial charge in [-0.2, -0.15) is 0 Å². The van der Waals surface area contributed by atoms with Crippen molar-refractivity contribution in [1.82, 2.24) is 0 Å². The molecule has 3 aromatic carbocycles. The van der Waals surface area contributed by atoms with Crippen molar-refractivity contribution in [1.29, 1.82) is 0 Å². The number of benzene rings is 3. The average Bonchev–Trinajstić information content (AvgIpc) is 3.33. The van der Waals surface area contributed by atoms with Crippen molar-refractivity contribution >= 4 is 5.97 Å². The van der Waals surface area contributed by atoms with Crippen LogP contribution in [0.3, 0.4) is 0 Å². The second-order valence-electron chi connectivity index (χ2n) is 13.1. The lowest BCUT2D eigenvalue weighted by Crippen LogP contribution is -2.65. The monoisotopic (exact) mass is 492 g/mol. The molecule has 0 aliphatic heterocycles. The van der Waals surface area contributed by atoms with E-state index in [0.29, 0.717) is 6.42 Å². The van der Waals surface area contributed by atoms with Gasteiger partial charge in [0.2, 0.25) is 0 Å². The van der Waals surface area contributed by atoms with Crippen LogP contribution in [0.2, 0.25) is 0 Å². The van der Waals surface area contributed by atoms with Crippen LogP contribution in [0.5, 0.6) is 0 Å². The molecule has 3 aliphatic carbocycles. The first-order valence-electron chi connectivity index (χ1n) is 14.1. The van der Waals surface area contributed by atoms with E-state index in [2.05, 4.69) is 91.0 Å². The second kappa shape index (κ2) is 8.58. The minimum absolute atomic E-state index is 0.0467. The van der Waals surface area contributed by atoms with Gasteiger partial charge in [0.25, 0.3) is 0 Å². The summed E-state index contributed by atoms with van der Waals surface area (Å²) < 4.78 is 5.79. The largest absolute Gasteiger partial charge is 0.460 e. The minimum Gasteiger partial charge on any atom is -0.460 e. The number of carbonyl (C=O) groups is 1. The molecule has 2 nitrogen and oxygen atoms in total. The van der Waals surface area contributed by atoms with E-state index in [9.17, 15) is 4.79 Å². The summed E-state index contributed by atoms with van der Waals surface area (Å²) in [6, 6.07) is 33.8. The Kier molecular flexibility index (Phi) is 5.67. The first-order valence-corrected chi connectivity index (χ1v) is 14.1. The van der Waals surface area contributed by atoms with Crippen molar-refractivity contribution in [2.75, 3.05) is 0 Å². The first kappa shape index (κ1) is 24.5. The Morgan fingerprint density at radius 3 is 1.81 bits per heavy atom. The molecular formula is C35H40O2. The molecule has 1 spiro atoms. The molecule has 0 radical (unpaired) electrons. The summed E-state index contributed by atoms with van der Waals surface area (Å²) in [6.07, 6.45) is 8.55. The van der Waals surface area contributed by atoms with Gasteiger partial charge in [-0.1, -0.05) is 97.4 Å². The van der Waals surface area contributed by atoms with Crippen LogP contribution in [0.4, 0.5) is 0 Å². The van der Waals surface area contributed by atoms with Crippen molar-refractivity contribution in [2.24, 2.45) is 5.41 Å². The predicted octanol–water partition coefficient (Wildman–Crippen LogP) is 8.29. The molecule has 3 fully saturated rings. The molecule has 4 atom stereocenters. The highest BCUT2D eigenvalue weighted by atomic mass is 16.6. The molecule has 0 N–H and O–H groups in total. The third-order valence-electron chi connectivity index (χ3n) is 10.2. The molecule has 3 aromatic rings. The van der Waals surface area contributed by atoms with Gasteiger partial charge in [0.1, 0.15) is 5.60 Å². The fourth-order valence-electron chi connectivity index (χ4n) is 9.15. The molecule has 6 rings (SSSR count). The fourth-order valence-corrected chi connectivity index (χ4v) is 9.15. The maximum Gasteiger partial charge on any atom is 0.306 e. The molecule has 2 heteroatoms. The Bertz CT molecular complexity index is 1260. The summed E-state index contributed by atoms with van der Waals surface area (Å²) in [4.78, 5) is 13.0. The van der Waals surface area contributed by atoms with E-state index in [-0.39, 0.29) is 27.6 Å². The minimum atomic E-state index is -0.455. The maximum absolute atomic E-state index is 13.0. The molecule has 192 valence electrons. The van der Waals surface area contributed by atoms with E-state index in [1.165, 1.54) is 42.4 Å². The average molecular weight is 493 g/mol. The Morgan fingerprint density at radius 2 is 1.24 bits per heavy atom. The molecule has 4 unspecified atom stereocenters. The zero-order valence-corrected chi connectivity index (χ0v) is 22.6. The van der Waals surface area contributed by atoms with Gasteiger partial charge < -0.3 is 4.74 Å². The quantitative estimate of drug-likeness (QED) is 0.324. The summed E-state index contributed by atoms with van der Waals surface area (Å²) in [5, 5.41) is 0. The zero-order valence-electron chi connectivity index (χ0n) is 22.6. The number of hydrogen-bond acceptors (Lipinski definition) is 2. The number of carbonyl (C=O) groups excluding carboxylic acids is 1. The normalized spacial score (nSPS) is 32.3. The molecular weight excluding hydrogens is 452 g/mol. The summed E-state index contributed by atoms with van der Waals surface area (Å²) in [5.74, 6) is -0.0749. The van der Waals surface area contributed by atoms with E-state index < -0.39 is 5.60 Å². The highest BCUT2D eigenvalue weighted by molar-refractivity contribution is 5.70. The van der Waals surface area contributed by atoms with Gasteiger partial charge in [-0.05, 0) is 86.8 Å². The SMILES string of the molecule is CC(C)(C)OC(=O)CCC1(c2ccccc2)CC2(c3ccccc3)CC3(c4ccccc4)CCCC32C1. The third-order valence-corrected chi connectivity index (χ3v) is 10.2. The second-order valence-corrected chi connectivity index (χ2v) is 13.1. The lowest BCUT2D eigenvalue weighted by atomic mass is 9.36. The van der Waals surface area contributed by atoms with E-state index in [1.807, 2.05) is 20.8 Å². The van der Waals surface area contributed by atoms with Gasteiger partial charge in [-0.3, -0.25) is 4.79 Å². The zero-order chi connectivity index (χ0) is 25.8. The van der Waals surface area contributed by atoms with E-state index in [1.54, 1.807) is 0 Å². The molecule has 0 amide bonds. The number of hydrogen-bond donors (Lipinski definition) is 0. The standard InChI is InChI=1S/C35H40O2/c1-31(2,3)37-30(36)20-23-32(27-14-7-4-8-15-27)24-34(29-18-11-6-12-19-29)26-33(28-16-9-5-10-17-28)21-13-22-35(33,34)25-32/h4-12,14-19H,13,20-26H2,1-3H3. The van der Waals surface area contributed by atoms with Crippen LogP contribution in [0.25, 0.3) is 0 Å². The van der Waals surface area contributed by atoms with Crippen molar-refractivity contribution < 1.29 is 9.53 Å². The molecule has 0 heterocycles. The molecule has 37 heavy (non-hydrogen) atoms. The Morgan fingerprint density at radius 1 is 0.703 bits per heavy atom. The highest BCUT2D eigenvalue weighted by Gasteiger charge is 2.80. The van der Waals surface area contributed by atoms with Gasteiger partial charge in [-0.15, -0.1) is 0 Å². The lowest BCUT2D eigenvalue weighted by molar-refractivity contribution is -0.155.